The first-order chi connectivity index (χ1) is 8.20. The summed E-state index contributed by atoms with van der Waals surface area (Å²) in [6, 6.07) is 4.23. The van der Waals surface area contributed by atoms with Gasteiger partial charge in [-0.15, -0.1) is 11.8 Å². The van der Waals surface area contributed by atoms with Gasteiger partial charge in [0.25, 0.3) is 0 Å². The molecule has 0 saturated carbocycles. The van der Waals surface area contributed by atoms with E-state index in [1.165, 1.54) is 0 Å². The second-order valence-corrected chi connectivity index (χ2v) is 5.34. The highest BCUT2D eigenvalue weighted by atomic mass is 32.2. The van der Waals surface area contributed by atoms with Crippen LogP contribution >= 0.6 is 11.8 Å². The summed E-state index contributed by atoms with van der Waals surface area (Å²) in [6.07, 6.45) is 2.64. The van der Waals surface area contributed by atoms with E-state index in [9.17, 15) is 0 Å². The molecule has 0 radical (unpaired) electrons. The van der Waals surface area contributed by atoms with E-state index < -0.39 is 0 Å². The van der Waals surface area contributed by atoms with E-state index in [-0.39, 0.29) is 0 Å². The molecule has 1 aliphatic heterocycles. The first kappa shape index (κ1) is 12.4. The van der Waals surface area contributed by atoms with Crippen LogP contribution in [0.25, 0.3) is 0 Å². The van der Waals surface area contributed by atoms with E-state index in [4.69, 9.17) is 10.00 Å². The van der Waals surface area contributed by atoms with E-state index in [1.807, 2.05) is 19.9 Å². The van der Waals surface area contributed by atoms with Crippen LogP contribution in [0.2, 0.25) is 0 Å². The number of rotatable bonds is 3. The Hall–Kier alpha value is -1.05. The molecule has 90 valence electrons. The molecule has 0 aromatic carbocycles. The van der Waals surface area contributed by atoms with Crippen LogP contribution in [0.1, 0.15) is 29.8 Å². The maximum Gasteiger partial charge on any atom is 0.102 e. The fraction of sp³-hybridized carbons (Fsp3) is 0.538. The molecule has 2 heterocycles. The summed E-state index contributed by atoms with van der Waals surface area (Å²) in [4.78, 5) is 5.35. The Morgan fingerprint density at radius 1 is 1.59 bits per heavy atom. The second-order valence-electron chi connectivity index (χ2n) is 4.28. The Balaban J connectivity index is 2.11. The fourth-order valence-electron chi connectivity index (χ4n) is 2.00. The minimum absolute atomic E-state index is 0.348. The lowest BCUT2D eigenvalue weighted by Crippen LogP contribution is -2.08. The largest absolute Gasteiger partial charge is 0.377 e. The zero-order chi connectivity index (χ0) is 12.3. The highest BCUT2D eigenvalue weighted by molar-refractivity contribution is 7.99. The quantitative estimate of drug-likeness (QED) is 0.772. The molecule has 0 spiro atoms. The highest BCUT2D eigenvalue weighted by Crippen LogP contribution is 2.28. The maximum atomic E-state index is 9.15. The van der Waals surface area contributed by atoms with Crippen LogP contribution < -0.4 is 0 Å². The van der Waals surface area contributed by atoms with Gasteiger partial charge in [-0.3, -0.25) is 4.98 Å². The van der Waals surface area contributed by atoms with E-state index in [2.05, 4.69) is 11.1 Å². The van der Waals surface area contributed by atoms with Crippen molar-refractivity contribution in [2.75, 3.05) is 12.4 Å². The molecule has 0 amide bonds. The molecule has 1 aliphatic rings. The third-order valence-electron chi connectivity index (χ3n) is 2.85. The van der Waals surface area contributed by atoms with Gasteiger partial charge in [0.05, 0.1) is 17.4 Å². The number of nitrogens with zero attached hydrogens (tertiary/aromatic N) is 2. The molecular formula is C13H16N2OS. The van der Waals surface area contributed by atoms with Crippen LogP contribution in [0, 0.1) is 25.2 Å². The number of nitriles is 1. The van der Waals surface area contributed by atoms with Gasteiger partial charge in [0.2, 0.25) is 0 Å². The molecule has 17 heavy (non-hydrogen) atoms. The number of ether oxygens (including phenoxy) is 1. The molecule has 0 N–H and O–H groups in total. The summed E-state index contributed by atoms with van der Waals surface area (Å²) >= 11 is 1.71. The lowest BCUT2D eigenvalue weighted by Gasteiger charge is -2.11. The van der Waals surface area contributed by atoms with Gasteiger partial charge >= 0.3 is 0 Å². The van der Waals surface area contributed by atoms with Gasteiger partial charge in [-0.2, -0.15) is 5.26 Å². The van der Waals surface area contributed by atoms with Crippen LogP contribution in [0.3, 0.4) is 0 Å². The van der Waals surface area contributed by atoms with Crippen molar-refractivity contribution in [3.8, 4) is 6.07 Å². The number of hydrogen-bond acceptors (Lipinski definition) is 4. The molecule has 1 atom stereocenters. The van der Waals surface area contributed by atoms with E-state index in [0.717, 1.165) is 41.5 Å². The van der Waals surface area contributed by atoms with Crippen molar-refractivity contribution in [1.82, 2.24) is 4.98 Å². The van der Waals surface area contributed by atoms with Gasteiger partial charge in [-0.05, 0) is 32.8 Å². The van der Waals surface area contributed by atoms with Crippen LogP contribution in [-0.4, -0.2) is 23.4 Å². The average molecular weight is 248 g/mol. The summed E-state index contributed by atoms with van der Waals surface area (Å²) in [5, 5.41) is 9.15. The fourth-order valence-corrected chi connectivity index (χ4v) is 3.22. The minimum atomic E-state index is 0.348. The van der Waals surface area contributed by atoms with Crippen LogP contribution in [0.15, 0.2) is 11.0 Å². The number of aromatic nitrogens is 1. The van der Waals surface area contributed by atoms with Gasteiger partial charge in [0, 0.05) is 22.9 Å². The Kier molecular flexibility index (Phi) is 4.03. The molecular weight excluding hydrogens is 232 g/mol. The predicted molar refractivity (Wildman–Crippen MR) is 68.1 cm³/mol. The van der Waals surface area contributed by atoms with Crippen molar-refractivity contribution in [2.45, 2.75) is 37.7 Å². The lowest BCUT2D eigenvalue weighted by molar-refractivity contribution is 0.129. The molecule has 1 aromatic heterocycles. The summed E-state index contributed by atoms with van der Waals surface area (Å²) in [7, 11) is 0. The second kappa shape index (κ2) is 5.52. The molecule has 1 unspecified atom stereocenters. The number of hydrogen-bond donors (Lipinski definition) is 0. The zero-order valence-electron chi connectivity index (χ0n) is 10.2. The summed E-state index contributed by atoms with van der Waals surface area (Å²) in [5.41, 5.74) is 2.50. The third kappa shape index (κ3) is 2.99. The Morgan fingerprint density at radius 2 is 2.41 bits per heavy atom. The number of pyridine rings is 1. The van der Waals surface area contributed by atoms with Gasteiger partial charge < -0.3 is 4.74 Å². The SMILES string of the molecule is Cc1cc(SCC2CCCO2)c(C#N)c(C)n1. The Bertz CT molecular complexity index is 447. The first-order valence-electron chi connectivity index (χ1n) is 5.83. The van der Waals surface area contributed by atoms with Crippen molar-refractivity contribution in [2.24, 2.45) is 0 Å². The standard InChI is InChI=1S/C13H16N2OS/c1-9-6-13(12(7-14)10(2)15-9)17-8-11-4-3-5-16-11/h6,11H,3-5,8H2,1-2H3. The average Bonchev–Trinajstić information content (AvgIpc) is 2.78. The van der Waals surface area contributed by atoms with Crippen molar-refractivity contribution in [1.29, 1.82) is 5.26 Å². The topological polar surface area (TPSA) is 45.9 Å². The van der Waals surface area contributed by atoms with Crippen molar-refractivity contribution in [3.05, 3.63) is 23.0 Å². The molecule has 0 bridgehead atoms. The zero-order valence-corrected chi connectivity index (χ0v) is 11.0. The van der Waals surface area contributed by atoms with Crippen molar-refractivity contribution >= 4 is 11.8 Å². The van der Waals surface area contributed by atoms with Crippen LogP contribution in [0.4, 0.5) is 0 Å². The molecule has 1 aromatic rings. The summed E-state index contributed by atoms with van der Waals surface area (Å²) < 4.78 is 5.59. The normalized spacial score (nSPS) is 19.2. The minimum Gasteiger partial charge on any atom is -0.377 e. The lowest BCUT2D eigenvalue weighted by atomic mass is 10.2. The summed E-state index contributed by atoms with van der Waals surface area (Å²) in [5.74, 6) is 0.928. The summed E-state index contributed by atoms with van der Waals surface area (Å²) in [6.45, 7) is 4.73. The van der Waals surface area contributed by atoms with E-state index in [0.29, 0.717) is 11.7 Å². The molecule has 4 heteroatoms. The molecule has 0 aliphatic carbocycles. The van der Waals surface area contributed by atoms with Gasteiger partial charge in [-0.1, -0.05) is 0 Å². The molecule has 3 nitrogen and oxygen atoms in total. The van der Waals surface area contributed by atoms with Crippen LogP contribution in [-0.2, 0) is 4.74 Å². The van der Waals surface area contributed by atoms with Gasteiger partial charge in [-0.25, -0.2) is 0 Å². The number of aryl methyl sites for hydroxylation is 2. The van der Waals surface area contributed by atoms with Gasteiger partial charge in [0.1, 0.15) is 6.07 Å². The third-order valence-corrected chi connectivity index (χ3v) is 4.02. The molecule has 2 rings (SSSR count). The first-order valence-corrected chi connectivity index (χ1v) is 6.82. The Morgan fingerprint density at radius 3 is 3.06 bits per heavy atom. The van der Waals surface area contributed by atoms with E-state index in [1.54, 1.807) is 11.8 Å². The smallest absolute Gasteiger partial charge is 0.102 e. The molecule has 1 saturated heterocycles. The molecule has 1 fully saturated rings. The highest BCUT2D eigenvalue weighted by Gasteiger charge is 2.17. The van der Waals surface area contributed by atoms with Crippen molar-refractivity contribution < 1.29 is 4.74 Å². The predicted octanol–water partition coefficient (Wildman–Crippen LogP) is 2.84. The van der Waals surface area contributed by atoms with Crippen LogP contribution in [0.5, 0.6) is 0 Å². The van der Waals surface area contributed by atoms with Gasteiger partial charge in [0.15, 0.2) is 0 Å². The van der Waals surface area contributed by atoms with Crippen molar-refractivity contribution in [3.63, 3.8) is 0 Å². The Labute approximate surface area is 106 Å². The maximum absolute atomic E-state index is 9.15. The van der Waals surface area contributed by atoms with E-state index >= 15 is 0 Å². The number of thioether (sulfide) groups is 1. The monoisotopic (exact) mass is 248 g/mol.